The Labute approximate surface area is 247 Å². The summed E-state index contributed by atoms with van der Waals surface area (Å²) in [6.07, 6.45) is 0.792. The fourth-order valence-corrected chi connectivity index (χ4v) is 12.0. The van der Waals surface area contributed by atoms with Gasteiger partial charge in [0.2, 0.25) is 17.7 Å². The van der Waals surface area contributed by atoms with Crippen molar-refractivity contribution >= 4 is 57.8 Å². The number of carbonyl (C=O) groups excluding carboxylic acids is 3. The van der Waals surface area contributed by atoms with E-state index >= 15 is 0 Å². The molecule has 41 heavy (non-hydrogen) atoms. The van der Waals surface area contributed by atoms with Gasteiger partial charge < -0.3 is 9.64 Å². The van der Waals surface area contributed by atoms with Crippen molar-refractivity contribution in [2.75, 3.05) is 31.2 Å². The molecule has 3 aliphatic heterocycles. The molecule has 0 spiro atoms. The number of imide groups is 1. The van der Waals surface area contributed by atoms with Gasteiger partial charge in [-0.25, -0.2) is 4.39 Å². The lowest BCUT2D eigenvalue weighted by molar-refractivity contribution is -0.136. The van der Waals surface area contributed by atoms with Crippen LogP contribution >= 0.6 is 34.4 Å². The van der Waals surface area contributed by atoms with Gasteiger partial charge in [-0.15, -0.1) is 23.1 Å². The second-order valence-corrected chi connectivity index (χ2v) is 14.5. The van der Waals surface area contributed by atoms with Gasteiger partial charge >= 0.3 is 4.87 Å². The highest BCUT2D eigenvalue weighted by Crippen LogP contribution is 2.69. The summed E-state index contributed by atoms with van der Waals surface area (Å²) in [4.78, 5) is 59.2. The molecule has 0 radical (unpaired) electrons. The van der Waals surface area contributed by atoms with Crippen LogP contribution in [0.3, 0.4) is 0 Å². The Morgan fingerprint density at radius 1 is 1.00 bits per heavy atom. The molecule has 2 aromatic heterocycles. The summed E-state index contributed by atoms with van der Waals surface area (Å²) in [7, 11) is 0. The van der Waals surface area contributed by atoms with E-state index in [1.165, 1.54) is 40.5 Å². The van der Waals surface area contributed by atoms with Gasteiger partial charge in [0.05, 0.1) is 35.8 Å². The third kappa shape index (κ3) is 3.80. The molecule has 0 N–H and O–H groups in total. The number of hydrogen-bond acceptors (Lipinski definition) is 8. The van der Waals surface area contributed by atoms with Crippen LogP contribution in [0.15, 0.2) is 51.6 Å². The number of ether oxygens (including phenoxy) is 1. The van der Waals surface area contributed by atoms with Crippen molar-refractivity contribution in [3.8, 4) is 0 Å². The molecule has 3 amide bonds. The largest absolute Gasteiger partial charge is 0.378 e. The number of benzene rings is 1. The lowest BCUT2D eigenvalue weighted by Gasteiger charge is -2.43. The first-order valence-electron chi connectivity index (χ1n) is 13.8. The minimum absolute atomic E-state index is 0.00489. The first-order chi connectivity index (χ1) is 19.9. The molecule has 2 saturated carbocycles. The van der Waals surface area contributed by atoms with E-state index in [2.05, 4.69) is 6.07 Å². The Bertz CT molecular complexity index is 1610. The molecule has 8 rings (SSSR count). The van der Waals surface area contributed by atoms with E-state index in [0.717, 1.165) is 21.2 Å². The normalized spacial score (nSPS) is 31.9. The Hall–Kier alpha value is -2.80. The maximum atomic E-state index is 13.8. The van der Waals surface area contributed by atoms with Crippen LogP contribution in [0.2, 0.25) is 0 Å². The summed E-state index contributed by atoms with van der Waals surface area (Å²) in [6, 6.07) is 9.63. The number of carbonyl (C=O) groups is 3. The number of morpholine rings is 1. The van der Waals surface area contributed by atoms with Crippen LogP contribution in [0.1, 0.15) is 22.1 Å². The molecule has 2 saturated heterocycles. The Morgan fingerprint density at radius 2 is 1.73 bits per heavy atom. The summed E-state index contributed by atoms with van der Waals surface area (Å²) < 4.78 is 20.6. The minimum atomic E-state index is -0.425. The van der Waals surface area contributed by atoms with Gasteiger partial charge in [0.15, 0.2) is 0 Å². The van der Waals surface area contributed by atoms with Crippen LogP contribution in [-0.4, -0.2) is 58.7 Å². The van der Waals surface area contributed by atoms with E-state index < -0.39 is 17.7 Å². The maximum absolute atomic E-state index is 13.8. The summed E-state index contributed by atoms with van der Waals surface area (Å²) in [6.45, 7) is 2.01. The number of aromatic nitrogens is 1. The number of thioether (sulfide) groups is 1. The van der Waals surface area contributed by atoms with Crippen molar-refractivity contribution in [2.24, 2.45) is 29.6 Å². The van der Waals surface area contributed by atoms with Gasteiger partial charge in [0.25, 0.3) is 0 Å². The van der Waals surface area contributed by atoms with E-state index in [-0.39, 0.29) is 58.1 Å². The third-order valence-corrected chi connectivity index (χ3v) is 13.3. The quantitative estimate of drug-likeness (QED) is 0.419. The number of thiazole rings is 1. The smallest absolute Gasteiger partial charge is 0.308 e. The van der Waals surface area contributed by atoms with E-state index in [1.807, 2.05) is 11.4 Å². The molecule has 5 heterocycles. The molecule has 7 atom stereocenters. The molecular weight excluding hydrogens is 586 g/mol. The van der Waals surface area contributed by atoms with Gasteiger partial charge in [-0.05, 0) is 59.9 Å². The number of halogens is 1. The van der Waals surface area contributed by atoms with Gasteiger partial charge in [0.1, 0.15) is 12.4 Å². The van der Waals surface area contributed by atoms with Crippen LogP contribution in [0, 0.1) is 35.4 Å². The van der Waals surface area contributed by atoms with Crippen molar-refractivity contribution in [2.45, 2.75) is 29.2 Å². The van der Waals surface area contributed by atoms with Crippen molar-refractivity contribution in [3.05, 3.63) is 67.0 Å². The highest BCUT2D eigenvalue weighted by atomic mass is 32.2. The Morgan fingerprint density at radius 3 is 2.44 bits per heavy atom. The molecule has 212 valence electrons. The minimum Gasteiger partial charge on any atom is -0.378 e. The molecule has 2 aliphatic carbocycles. The van der Waals surface area contributed by atoms with Gasteiger partial charge in [-0.2, -0.15) is 0 Å². The zero-order valence-corrected chi connectivity index (χ0v) is 24.3. The average Bonchev–Trinajstić information content (AvgIpc) is 3.80. The lowest BCUT2D eigenvalue weighted by Crippen LogP contribution is -2.44. The summed E-state index contributed by atoms with van der Waals surface area (Å²) in [5.74, 6) is -1.72. The number of amides is 3. The molecule has 4 fully saturated rings. The monoisotopic (exact) mass is 611 g/mol. The number of nitrogens with zero attached hydrogens (tertiary/aromatic N) is 3. The standard InChI is InChI=1S/C29H26FN3O5S3/c30-14-3-5-15(6-4-14)33-26(35)21-16-12-17(22(21)27(33)36)24-20(16)23(18-2-1-11-39-18)25-28(40-24)32(29(37)41-25)13-19(34)31-7-9-38-10-8-31/h1-6,11,16-17,20-24H,7-10,12-13H2. The van der Waals surface area contributed by atoms with Crippen molar-refractivity contribution in [1.29, 1.82) is 0 Å². The van der Waals surface area contributed by atoms with Crippen molar-refractivity contribution < 1.29 is 23.5 Å². The topological polar surface area (TPSA) is 88.9 Å². The summed E-state index contributed by atoms with van der Waals surface area (Å²) in [5.41, 5.74) is 0.412. The summed E-state index contributed by atoms with van der Waals surface area (Å²) in [5, 5.41) is 2.91. The Balaban J connectivity index is 1.17. The van der Waals surface area contributed by atoms with Crippen molar-refractivity contribution in [3.63, 3.8) is 0 Å². The summed E-state index contributed by atoms with van der Waals surface area (Å²) >= 11 is 4.49. The average molecular weight is 612 g/mol. The SMILES string of the molecule is O=C(Cn1c2c(sc1=O)C(c1cccs1)C1C3CC(C1S2)C1C(=O)N(c2ccc(F)cc2)C(=O)C31)N1CCOCC1. The number of fused-ring (bicyclic) bond motifs is 9. The van der Waals surface area contributed by atoms with Gasteiger partial charge in [-0.1, -0.05) is 17.4 Å². The first-order valence-corrected chi connectivity index (χ1v) is 16.4. The molecule has 12 heteroatoms. The number of rotatable bonds is 4. The zero-order valence-electron chi connectivity index (χ0n) is 21.8. The zero-order chi connectivity index (χ0) is 28.0. The van der Waals surface area contributed by atoms with E-state index in [9.17, 15) is 23.6 Å². The molecule has 3 aromatic rings. The third-order valence-electron chi connectivity index (χ3n) is 9.54. The second kappa shape index (κ2) is 9.62. The van der Waals surface area contributed by atoms with Crippen LogP contribution in [0.5, 0.6) is 0 Å². The fourth-order valence-electron chi connectivity index (χ4n) is 7.93. The van der Waals surface area contributed by atoms with E-state index in [4.69, 9.17) is 4.74 Å². The predicted molar refractivity (Wildman–Crippen MR) is 153 cm³/mol. The van der Waals surface area contributed by atoms with Crippen LogP contribution < -0.4 is 9.77 Å². The molecule has 8 nitrogen and oxygen atoms in total. The predicted octanol–water partition coefficient (Wildman–Crippen LogP) is 3.65. The number of anilines is 1. The molecular formula is C29H26FN3O5S3. The van der Waals surface area contributed by atoms with Gasteiger partial charge in [-0.3, -0.25) is 28.6 Å². The van der Waals surface area contributed by atoms with E-state index in [1.54, 1.807) is 32.6 Å². The second-order valence-electron chi connectivity index (χ2n) is 11.4. The fraction of sp³-hybridized carbons (Fsp3) is 0.448. The molecule has 2 bridgehead atoms. The van der Waals surface area contributed by atoms with E-state index in [0.29, 0.717) is 32.0 Å². The molecule has 1 aromatic carbocycles. The molecule has 5 aliphatic rings. The molecule has 7 unspecified atom stereocenters. The highest BCUT2D eigenvalue weighted by molar-refractivity contribution is 8.00. The van der Waals surface area contributed by atoms with Crippen LogP contribution in [0.4, 0.5) is 10.1 Å². The maximum Gasteiger partial charge on any atom is 0.308 e. The van der Waals surface area contributed by atoms with Crippen molar-refractivity contribution in [1.82, 2.24) is 9.47 Å². The Kier molecular flexibility index (Phi) is 6.07. The number of hydrogen-bond donors (Lipinski definition) is 0. The number of thiophene rings is 1. The van der Waals surface area contributed by atoms with Crippen LogP contribution in [0.25, 0.3) is 0 Å². The first kappa shape index (κ1) is 25.9. The van der Waals surface area contributed by atoms with Crippen LogP contribution in [-0.2, 0) is 25.7 Å². The van der Waals surface area contributed by atoms with Gasteiger partial charge in [0, 0.05) is 34.0 Å². The highest BCUT2D eigenvalue weighted by Gasteiger charge is 2.70. The lowest BCUT2D eigenvalue weighted by atomic mass is 9.69.